The van der Waals surface area contributed by atoms with Crippen molar-refractivity contribution >= 4 is 0 Å². The van der Waals surface area contributed by atoms with E-state index in [9.17, 15) is 0 Å². The molecule has 0 aliphatic heterocycles. The number of nitrogens with zero attached hydrogens (tertiary/aromatic N) is 2. The molecule has 0 heterocycles. The number of hydrogen-bond acceptors (Lipinski definition) is 0. The third kappa shape index (κ3) is 1820. The van der Waals surface area contributed by atoms with Crippen LogP contribution in [0.3, 0.4) is 0 Å². The van der Waals surface area contributed by atoms with Crippen molar-refractivity contribution in [1.82, 2.24) is 0 Å². The Bertz CT molecular complexity index is 30.7. The van der Waals surface area contributed by atoms with Gasteiger partial charge >= 0.3 is 25.8 Å². The van der Waals surface area contributed by atoms with Crippen LogP contribution >= 0.6 is 0 Å². The first-order chi connectivity index (χ1) is 4.56. The van der Waals surface area contributed by atoms with Gasteiger partial charge in [0.2, 0.25) is 0 Å². The normalized spacial score (nSPS) is 6.00. The standard InChI is InChI=1S/C4H9.2C2H6N.Hf.H2N/c1-4(2)3;2*1-3-2;;/h1-3H3;2*1-2H3;;1H2/q3*-1;+4;-1. The molecule has 0 amide bonds. The van der Waals surface area contributed by atoms with E-state index in [1.807, 2.05) is 0 Å². The maximum atomic E-state index is 3.50. The van der Waals surface area contributed by atoms with Crippen molar-refractivity contribution in [2.75, 3.05) is 28.2 Å². The third-order valence-corrected chi connectivity index (χ3v) is 0. The van der Waals surface area contributed by atoms with E-state index in [-0.39, 0.29) is 32.0 Å². The summed E-state index contributed by atoms with van der Waals surface area (Å²) in [6.45, 7) is 6.25. The van der Waals surface area contributed by atoms with Gasteiger partial charge in [0.1, 0.15) is 0 Å². The fourth-order valence-electron chi connectivity index (χ4n) is 0. The van der Waals surface area contributed by atoms with Crippen molar-refractivity contribution in [3.05, 3.63) is 22.7 Å². The molecule has 0 atom stereocenters. The average Bonchev–Trinajstić information content (AvgIpc) is 1.65. The van der Waals surface area contributed by atoms with Crippen molar-refractivity contribution < 1.29 is 25.8 Å². The van der Waals surface area contributed by atoms with Crippen LogP contribution in [0.2, 0.25) is 0 Å². The Morgan fingerprint density at radius 1 is 0.750 bits per heavy atom. The van der Waals surface area contributed by atoms with Crippen LogP contribution in [-0.4, -0.2) is 28.2 Å². The zero-order valence-electron chi connectivity index (χ0n) is 9.47. The molecule has 74 valence electrons. The van der Waals surface area contributed by atoms with Crippen molar-refractivity contribution in [1.29, 1.82) is 0 Å². The average molecular weight is 340 g/mol. The molecule has 0 aromatic carbocycles. The second-order valence-electron chi connectivity index (χ2n) is 2.39. The van der Waals surface area contributed by atoms with Crippen LogP contribution in [0.5, 0.6) is 0 Å². The van der Waals surface area contributed by atoms with Crippen molar-refractivity contribution in [2.24, 2.45) is 0 Å². The SMILES string of the molecule is C[C-](C)C.C[N-]C.C[N-]C.[Hf+4].[NH2-]. The van der Waals surface area contributed by atoms with Gasteiger partial charge in [-0.1, -0.05) is 0 Å². The first kappa shape index (κ1) is 29.3. The second-order valence-corrected chi connectivity index (χ2v) is 2.39. The monoisotopic (exact) mass is 341 g/mol. The van der Waals surface area contributed by atoms with Gasteiger partial charge in [0, 0.05) is 0 Å². The van der Waals surface area contributed by atoms with Crippen LogP contribution in [-0.2, 0) is 25.8 Å². The molecule has 0 rings (SSSR count). The summed E-state index contributed by atoms with van der Waals surface area (Å²) in [4.78, 5) is 0. The first-order valence-corrected chi connectivity index (χ1v) is 3.29. The zero-order valence-corrected chi connectivity index (χ0v) is 13.1. The summed E-state index contributed by atoms with van der Waals surface area (Å²) in [6, 6.07) is 0. The molecule has 2 N–H and O–H groups in total. The summed E-state index contributed by atoms with van der Waals surface area (Å²) >= 11 is 0. The fraction of sp³-hybridized carbons (Fsp3) is 0.875. The molecule has 0 bridgehead atoms. The van der Waals surface area contributed by atoms with Crippen molar-refractivity contribution in [3.63, 3.8) is 0 Å². The van der Waals surface area contributed by atoms with E-state index in [1.165, 1.54) is 5.92 Å². The molecular weight excluding hydrogens is 317 g/mol. The molecule has 0 spiro atoms. The summed E-state index contributed by atoms with van der Waals surface area (Å²) in [5, 5.41) is 7.00. The zero-order chi connectivity index (χ0) is 8.99. The predicted octanol–water partition coefficient (Wildman–Crippen LogP) is 3.57. The molecule has 0 aromatic heterocycles. The van der Waals surface area contributed by atoms with Gasteiger partial charge in [-0.15, -0.1) is 0 Å². The van der Waals surface area contributed by atoms with E-state index >= 15 is 0 Å². The molecule has 0 fully saturated rings. The summed E-state index contributed by atoms with van der Waals surface area (Å²) in [5.74, 6) is 1.42. The predicted molar refractivity (Wildman–Crippen MR) is 56.0 cm³/mol. The summed E-state index contributed by atoms with van der Waals surface area (Å²) < 4.78 is 0. The van der Waals surface area contributed by atoms with Crippen LogP contribution in [0, 0.1) is 5.92 Å². The smallest absolute Gasteiger partial charge is 0.693 e. The maximum Gasteiger partial charge on any atom is 4.00 e. The first-order valence-electron chi connectivity index (χ1n) is 3.29. The van der Waals surface area contributed by atoms with Gasteiger partial charge in [0.25, 0.3) is 0 Å². The Morgan fingerprint density at radius 2 is 0.750 bits per heavy atom. The van der Waals surface area contributed by atoms with Crippen LogP contribution in [0.15, 0.2) is 0 Å². The van der Waals surface area contributed by atoms with Gasteiger partial charge in [-0.05, 0) is 0 Å². The molecule has 0 saturated heterocycles. The fourth-order valence-corrected chi connectivity index (χ4v) is 0. The van der Waals surface area contributed by atoms with Gasteiger partial charge in [0.15, 0.2) is 0 Å². The minimum Gasteiger partial charge on any atom is -0.693 e. The number of rotatable bonds is 0. The Labute approximate surface area is 97.4 Å². The van der Waals surface area contributed by atoms with Crippen LogP contribution in [0.25, 0.3) is 16.8 Å². The third-order valence-electron chi connectivity index (χ3n) is 0. The summed E-state index contributed by atoms with van der Waals surface area (Å²) in [7, 11) is 7.00. The molecule has 4 heteroatoms. The molecule has 0 aliphatic carbocycles. The molecule has 0 unspecified atom stereocenters. The van der Waals surface area contributed by atoms with Crippen LogP contribution in [0.4, 0.5) is 0 Å². The minimum atomic E-state index is 0. The van der Waals surface area contributed by atoms with Crippen LogP contribution in [0.1, 0.15) is 20.8 Å². The molecule has 3 nitrogen and oxygen atoms in total. The van der Waals surface area contributed by atoms with E-state index < -0.39 is 0 Å². The van der Waals surface area contributed by atoms with E-state index in [4.69, 9.17) is 0 Å². The van der Waals surface area contributed by atoms with Gasteiger partial charge in [0.05, 0.1) is 0 Å². The van der Waals surface area contributed by atoms with E-state index in [0.29, 0.717) is 0 Å². The quantitative estimate of drug-likeness (QED) is 0.478. The summed E-state index contributed by atoms with van der Waals surface area (Å²) in [5.41, 5.74) is 0. The number of nitrogens with two attached hydrogens (primary N) is 1. The van der Waals surface area contributed by atoms with E-state index in [1.54, 1.807) is 28.2 Å². The van der Waals surface area contributed by atoms with E-state index in [2.05, 4.69) is 31.4 Å². The van der Waals surface area contributed by atoms with E-state index in [0.717, 1.165) is 0 Å². The molecule has 0 radical (unpaired) electrons. The van der Waals surface area contributed by atoms with Gasteiger partial charge < -0.3 is 22.7 Å². The Morgan fingerprint density at radius 3 is 0.750 bits per heavy atom. The maximum absolute atomic E-state index is 3.50. The molecule has 0 saturated carbocycles. The molecule has 0 aliphatic rings. The molecule has 12 heavy (non-hydrogen) atoms. The Hall–Kier alpha value is 0.750. The Kier molecular flexibility index (Phi) is 100. The molecular formula is C8H23HfN3. The van der Waals surface area contributed by atoms with Gasteiger partial charge in [-0.2, -0.15) is 49.0 Å². The van der Waals surface area contributed by atoms with Gasteiger partial charge in [-0.25, -0.2) is 0 Å². The van der Waals surface area contributed by atoms with Gasteiger partial charge in [-0.3, -0.25) is 0 Å². The number of hydrogen-bond donors (Lipinski definition) is 0. The largest absolute Gasteiger partial charge is 4.00 e. The topological polar surface area (TPSA) is 61.7 Å². The minimum absolute atomic E-state index is 0. The van der Waals surface area contributed by atoms with Crippen LogP contribution < -0.4 is 0 Å². The molecule has 0 aromatic rings. The second kappa shape index (κ2) is 41.1. The van der Waals surface area contributed by atoms with Crippen molar-refractivity contribution in [3.8, 4) is 0 Å². The van der Waals surface area contributed by atoms with Crippen molar-refractivity contribution in [2.45, 2.75) is 20.8 Å². The Balaban J connectivity index is -0.0000000191. The summed E-state index contributed by atoms with van der Waals surface area (Å²) in [6.07, 6.45) is 0.